The number of esters is 1. The van der Waals surface area contributed by atoms with Crippen LogP contribution in [-0.4, -0.2) is 28.0 Å². The maximum atomic E-state index is 13.4. The van der Waals surface area contributed by atoms with Crippen molar-refractivity contribution < 1.29 is 22.3 Å². The van der Waals surface area contributed by atoms with E-state index in [1.807, 2.05) is 6.92 Å². The Morgan fingerprint density at radius 1 is 1.21 bits per heavy atom. The molecule has 0 aromatic heterocycles. The number of hydrogen-bond donors (Lipinski definition) is 0. The van der Waals surface area contributed by atoms with Crippen molar-refractivity contribution in [1.82, 2.24) is 0 Å². The van der Waals surface area contributed by atoms with E-state index in [0.717, 1.165) is 29.1 Å². The second-order valence-electron chi connectivity index (χ2n) is 5.00. The molecule has 0 atom stereocenters. The van der Waals surface area contributed by atoms with Crippen molar-refractivity contribution in [3.05, 3.63) is 58.9 Å². The fourth-order valence-electron chi connectivity index (χ4n) is 1.97. The molecule has 8 heteroatoms. The van der Waals surface area contributed by atoms with Gasteiger partial charge in [0.2, 0.25) is 0 Å². The van der Waals surface area contributed by atoms with Crippen molar-refractivity contribution in [2.24, 2.45) is 0 Å². The van der Waals surface area contributed by atoms with Crippen LogP contribution in [0.2, 0.25) is 5.02 Å². The van der Waals surface area contributed by atoms with E-state index in [1.54, 1.807) is 12.1 Å². The standard InChI is InChI=1S/C16H15ClFNO4S/c1-11-3-6-13(7-4-11)24(21,22)19(10-16(20)23-2)12-5-8-15(18)14(17)9-12/h3-9H,10H2,1-2H3. The van der Waals surface area contributed by atoms with Gasteiger partial charge in [-0.1, -0.05) is 29.3 Å². The first-order chi connectivity index (χ1) is 11.3. The molecule has 0 N–H and O–H groups in total. The van der Waals surface area contributed by atoms with Gasteiger partial charge in [-0.2, -0.15) is 0 Å². The van der Waals surface area contributed by atoms with Crippen LogP contribution in [0, 0.1) is 12.7 Å². The van der Waals surface area contributed by atoms with Gasteiger partial charge >= 0.3 is 5.97 Å². The number of nitrogens with zero attached hydrogens (tertiary/aromatic N) is 1. The number of rotatable bonds is 5. The third-order valence-electron chi connectivity index (χ3n) is 3.30. The Balaban J connectivity index is 2.54. The minimum atomic E-state index is -4.05. The Labute approximate surface area is 144 Å². The Bertz CT molecular complexity index is 853. The summed E-state index contributed by atoms with van der Waals surface area (Å²) < 4.78 is 44.5. The molecule has 0 aliphatic carbocycles. The summed E-state index contributed by atoms with van der Waals surface area (Å²) in [5, 5.41) is -0.249. The van der Waals surface area contributed by atoms with Crippen molar-refractivity contribution in [1.29, 1.82) is 0 Å². The average Bonchev–Trinajstić information content (AvgIpc) is 2.55. The molecule has 2 aromatic carbocycles. The minimum absolute atomic E-state index is 0.00236. The predicted molar refractivity (Wildman–Crippen MR) is 89.1 cm³/mol. The number of ether oxygens (including phenoxy) is 1. The summed E-state index contributed by atoms with van der Waals surface area (Å²) in [5.74, 6) is -1.45. The van der Waals surface area contributed by atoms with Crippen LogP contribution < -0.4 is 4.31 Å². The summed E-state index contributed by atoms with van der Waals surface area (Å²) in [4.78, 5) is 11.6. The zero-order valence-electron chi connectivity index (χ0n) is 13.0. The molecule has 0 fully saturated rings. The van der Waals surface area contributed by atoms with Crippen molar-refractivity contribution in [2.75, 3.05) is 18.0 Å². The molecule has 0 saturated carbocycles. The fourth-order valence-corrected chi connectivity index (χ4v) is 3.55. The van der Waals surface area contributed by atoms with E-state index in [9.17, 15) is 17.6 Å². The molecule has 0 aliphatic rings. The largest absolute Gasteiger partial charge is 0.468 e. The fraction of sp³-hybridized carbons (Fsp3) is 0.188. The zero-order valence-corrected chi connectivity index (χ0v) is 14.6. The highest BCUT2D eigenvalue weighted by Crippen LogP contribution is 2.27. The average molecular weight is 372 g/mol. The highest BCUT2D eigenvalue weighted by Gasteiger charge is 2.28. The molecule has 2 aromatic rings. The van der Waals surface area contributed by atoms with Crippen LogP contribution in [-0.2, 0) is 19.6 Å². The summed E-state index contributed by atoms with van der Waals surface area (Å²) >= 11 is 5.73. The number of hydrogen-bond acceptors (Lipinski definition) is 4. The number of anilines is 1. The second-order valence-corrected chi connectivity index (χ2v) is 7.27. The van der Waals surface area contributed by atoms with E-state index in [1.165, 1.54) is 18.2 Å². The van der Waals surface area contributed by atoms with E-state index >= 15 is 0 Å². The molecule has 2 rings (SSSR count). The van der Waals surface area contributed by atoms with Crippen LogP contribution >= 0.6 is 11.6 Å². The smallest absolute Gasteiger partial charge is 0.326 e. The summed E-state index contributed by atoms with van der Waals surface area (Å²) in [7, 11) is -2.90. The number of carbonyl (C=O) groups excluding carboxylic acids is 1. The lowest BCUT2D eigenvalue weighted by molar-refractivity contribution is -0.138. The highest BCUT2D eigenvalue weighted by atomic mass is 35.5. The summed E-state index contributed by atoms with van der Waals surface area (Å²) in [5.41, 5.74) is 0.950. The van der Waals surface area contributed by atoms with Crippen LogP contribution in [0.1, 0.15) is 5.56 Å². The third kappa shape index (κ3) is 3.85. The number of halogens is 2. The van der Waals surface area contributed by atoms with Gasteiger partial charge in [-0.25, -0.2) is 12.8 Å². The van der Waals surface area contributed by atoms with E-state index in [2.05, 4.69) is 4.74 Å². The molecule has 0 amide bonds. The number of carbonyl (C=O) groups is 1. The van der Waals surface area contributed by atoms with Gasteiger partial charge < -0.3 is 4.74 Å². The van der Waals surface area contributed by atoms with Gasteiger partial charge in [-0.05, 0) is 37.3 Å². The number of aryl methyl sites for hydroxylation is 1. The SMILES string of the molecule is COC(=O)CN(c1ccc(F)c(Cl)c1)S(=O)(=O)c1ccc(C)cc1. The maximum Gasteiger partial charge on any atom is 0.326 e. The van der Waals surface area contributed by atoms with Gasteiger partial charge in [0.15, 0.2) is 0 Å². The first-order valence-corrected chi connectivity index (χ1v) is 8.69. The van der Waals surface area contributed by atoms with Gasteiger partial charge in [0.05, 0.1) is 22.7 Å². The monoisotopic (exact) mass is 371 g/mol. The molecule has 5 nitrogen and oxygen atoms in total. The van der Waals surface area contributed by atoms with Crippen LogP contribution in [0.5, 0.6) is 0 Å². The van der Waals surface area contributed by atoms with E-state index in [0.29, 0.717) is 0 Å². The predicted octanol–water partition coefficient (Wildman–Crippen LogP) is 3.16. The zero-order chi connectivity index (χ0) is 17.9. The molecule has 0 unspecified atom stereocenters. The van der Waals surface area contributed by atoms with Gasteiger partial charge in [0.1, 0.15) is 12.4 Å². The Morgan fingerprint density at radius 3 is 2.38 bits per heavy atom. The van der Waals surface area contributed by atoms with Crippen LogP contribution in [0.15, 0.2) is 47.4 Å². The Morgan fingerprint density at radius 2 is 1.83 bits per heavy atom. The number of benzene rings is 2. The molecule has 128 valence electrons. The van der Waals surface area contributed by atoms with E-state index in [4.69, 9.17) is 11.6 Å². The second kappa shape index (κ2) is 7.19. The first kappa shape index (κ1) is 18.2. The molecule has 0 aliphatic heterocycles. The maximum absolute atomic E-state index is 13.4. The molecular weight excluding hydrogens is 357 g/mol. The summed E-state index contributed by atoms with van der Waals surface area (Å²) in [6.45, 7) is 1.26. The van der Waals surface area contributed by atoms with Crippen molar-refractivity contribution >= 4 is 33.3 Å². The van der Waals surface area contributed by atoms with Crippen molar-refractivity contribution in [3.63, 3.8) is 0 Å². The van der Waals surface area contributed by atoms with Crippen molar-refractivity contribution in [2.45, 2.75) is 11.8 Å². The van der Waals surface area contributed by atoms with Crippen LogP contribution in [0.4, 0.5) is 10.1 Å². The lowest BCUT2D eigenvalue weighted by Crippen LogP contribution is -2.36. The van der Waals surface area contributed by atoms with Crippen LogP contribution in [0.3, 0.4) is 0 Å². The van der Waals surface area contributed by atoms with E-state index in [-0.39, 0.29) is 15.6 Å². The van der Waals surface area contributed by atoms with Gasteiger partial charge in [-0.15, -0.1) is 0 Å². The lowest BCUT2D eigenvalue weighted by atomic mass is 10.2. The minimum Gasteiger partial charge on any atom is -0.468 e. The lowest BCUT2D eigenvalue weighted by Gasteiger charge is -2.23. The molecule has 0 bridgehead atoms. The molecule has 0 heterocycles. The Hall–Kier alpha value is -2.12. The third-order valence-corrected chi connectivity index (χ3v) is 5.38. The Kier molecular flexibility index (Phi) is 5.46. The normalized spacial score (nSPS) is 11.2. The molecule has 0 saturated heterocycles. The number of methoxy groups -OCH3 is 1. The van der Waals surface area contributed by atoms with Gasteiger partial charge in [0.25, 0.3) is 10.0 Å². The first-order valence-electron chi connectivity index (χ1n) is 6.87. The quantitative estimate of drug-likeness (QED) is 0.757. The topological polar surface area (TPSA) is 63.7 Å². The summed E-state index contributed by atoms with van der Waals surface area (Å²) in [6, 6.07) is 9.55. The highest BCUT2D eigenvalue weighted by molar-refractivity contribution is 7.92. The number of sulfonamides is 1. The molecule has 24 heavy (non-hydrogen) atoms. The molecule has 0 radical (unpaired) electrons. The van der Waals surface area contributed by atoms with Crippen LogP contribution in [0.25, 0.3) is 0 Å². The van der Waals surface area contributed by atoms with Gasteiger partial charge in [-0.3, -0.25) is 9.10 Å². The molecular formula is C16H15ClFNO4S. The van der Waals surface area contributed by atoms with Crippen molar-refractivity contribution in [3.8, 4) is 0 Å². The summed E-state index contributed by atoms with van der Waals surface area (Å²) in [6.07, 6.45) is 0. The van der Waals surface area contributed by atoms with Gasteiger partial charge in [0, 0.05) is 0 Å². The molecule has 0 spiro atoms. The van der Waals surface area contributed by atoms with E-state index < -0.39 is 28.4 Å².